The summed E-state index contributed by atoms with van der Waals surface area (Å²) in [4.78, 5) is 30.5. The summed E-state index contributed by atoms with van der Waals surface area (Å²) in [7, 11) is 2.12. The first-order chi connectivity index (χ1) is 13.1. The van der Waals surface area contributed by atoms with Crippen LogP contribution in [0.4, 0.5) is 0 Å². The number of H-pyrrole nitrogens is 1. The monoisotopic (exact) mass is 366 g/mol. The Labute approximate surface area is 159 Å². The van der Waals surface area contributed by atoms with E-state index in [0.717, 1.165) is 18.7 Å². The van der Waals surface area contributed by atoms with Crippen molar-refractivity contribution >= 4 is 17.9 Å². The van der Waals surface area contributed by atoms with Crippen LogP contribution in [0.5, 0.6) is 0 Å². The highest BCUT2D eigenvalue weighted by molar-refractivity contribution is 6.05. The summed E-state index contributed by atoms with van der Waals surface area (Å²) in [6.07, 6.45) is 6.71. The smallest absolute Gasteiger partial charge is 0.267 e. The molecule has 3 rings (SSSR count). The molecule has 1 aromatic carbocycles. The molecular weight excluding hydrogens is 340 g/mol. The van der Waals surface area contributed by atoms with Crippen LogP contribution in [0, 0.1) is 0 Å². The number of nitrogens with one attached hydrogen (secondary N) is 3. The summed E-state index contributed by atoms with van der Waals surface area (Å²) in [6, 6.07) is 13.1. The lowest BCUT2D eigenvalue weighted by Crippen LogP contribution is -2.37. The van der Waals surface area contributed by atoms with Crippen LogP contribution in [0.15, 0.2) is 54.4 Å². The molecule has 0 aliphatic carbocycles. The van der Waals surface area contributed by atoms with Crippen molar-refractivity contribution in [2.45, 2.75) is 25.3 Å². The lowest BCUT2D eigenvalue weighted by molar-refractivity contribution is -0.117. The molecule has 1 aliphatic heterocycles. The second kappa shape index (κ2) is 9.19. The number of aromatic nitrogens is 1. The Morgan fingerprint density at radius 1 is 1.22 bits per heavy atom. The molecule has 1 fully saturated rings. The predicted molar refractivity (Wildman–Crippen MR) is 106 cm³/mol. The van der Waals surface area contributed by atoms with E-state index in [-0.39, 0.29) is 17.5 Å². The minimum absolute atomic E-state index is 0.228. The molecule has 0 saturated carbocycles. The molecule has 142 valence electrons. The lowest BCUT2D eigenvalue weighted by atomic mass is 10.1. The predicted octanol–water partition coefficient (Wildman–Crippen LogP) is 2.39. The van der Waals surface area contributed by atoms with Crippen molar-refractivity contribution in [1.82, 2.24) is 20.5 Å². The molecule has 2 heterocycles. The van der Waals surface area contributed by atoms with E-state index >= 15 is 0 Å². The van der Waals surface area contributed by atoms with Crippen molar-refractivity contribution in [3.63, 3.8) is 0 Å². The van der Waals surface area contributed by atoms with E-state index in [4.69, 9.17) is 0 Å². The molecule has 1 atom stereocenters. The number of likely N-dealkylation sites (tertiary alicyclic amines) is 1. The molecule has 2 aromatic rings. The number of carbonyl (C=O) groups is 2. The maximum Gasteiger partial charge on any atom is 0.267 e. The topological polar surface area (TPSA) is 77.2 Å². The summed E-state index contributed by atoms with van der Waals surface area (Å²) in [5.74, 6) is -0.589. The van der Waals surface area contributed by atoms with Gasteiger partial charge in [-0.2, -0.15) is 0 Å². The maximum absolute atomic E-state index is 12.7. The van der Waals surface area contributed by atoms with E-state index < -0.39 is 0 Å². The molecule has 2 amide bonds. The van der Waals surface area contributed by atoms with E-state index in [1.807, 2.05) is 18.2 Å². The Bertz CT molecular complexity index is 784. The van der Waals surface area contributed by atoms with Gasteiger partial charge in [0.2, 0.25) is 0 Å². The fourth-order valence-electron chi connectivity index (χ4n) is 3.32. The average molecular weight is 366 g/mol. The number of aromatic amines is 1. The zero-order valence-electron chi connectivity index (χ0n) is 15.6. The molecule has 1 saturated heterocycles. The minimum atomic E-state index is -0.306. The summed E-state index contributed by atoms with van der Waals surface area (Å²) in [6.45, 7) is 1.70. The molecule has 3 N–H and O–H groups in total. The highest BCUT2D eigenvalue weighted by Crippen LogP contribution is 2.17. The number of benzene rings is 1. The second-order valence-electron chi connectivity index (χ2n) is 6.82. The van der Waals surface area contributed by atoms with Crippen LogP contribution in [0.2, 0.25) is 0 Å². The van der Waals surface area contributed by atoms with Crippen molar-refractivity contribution < 1.29 is 9.59 Å². The standard InChI is InChI=1S/C21H26N4O2/c1-25-14-6-10-18(25)11-13-23-21(27)19(15-17-9-5-12-22-17)24-20(26)16-7-3-2-4-8-16/h2-5,7-9,12,15,18,22H,6,10-11,13-14H2,1H3,(H,23,27)(H,24,26)/b19-15-/t18-/m0/s1. The van der Waals surface area contributed by atoms with Gasteiger partial charge in [0.25, 0.3) is 11.8 Å². The van der Waals surface area contributed by atoms with Crippen LogP contribution in [-0.4, -0.2) is 47.9 Å². The molecule has 0 spiro atoms. The van der Waals surface area contributed by atoms with Gasteiger partial charge in [-0.1, -0.05) is 18.2 Å². The largest absolute Gasteiger partial charge is 0.362 e. The van der Waals surface area contributed by atoms with Gasteiger partial charge in [0.05, 0.1) is 0 Å². The maximum atomic E-state index is 12.7. The van der Waals surface area contributed by atoms with Gasteiger partial charge < -0.3 is 20.5 Å². The van der Waals surface area contributed by atoms with Gasteiger partial charge in [-0.05, 0) is 63.2 Å². The molecule has 6 nitrogen and oxygen atoms in total. The summed E-state index contributed by atoms with van der Waals surface area (Å²) in [5.41, 5.74) is 1.49. The molecular formula is C21H26N4O2. The number of hydrogen-bond donors (Lipinski definition) is 3. The SMILES string of the molecule is CN1CCC[C@H]1CCNC(=O)/C(=C/c1ccc[nH]1)NC(=O)c1ccccc1. The van der Waals surface area contributed by atoms with Gasteiger partial charge in [-0.25, -0.2) is 0 Å². The zero-order chi connectivity index (χ0) is 19.1. The Morgan fingerprint density at radius 3 is 2.70 bits per heavy atom. The van der Waals surface area contributed by atoms with E-state index in [9.17, 15) is 9.59 Å². The van der Waals surface area contributed by atoms with E-state index in [0.29, 0.717) is 18.2 Å². The highest BCUT2D eigenvalue weighted by atomic mass is 16.2. The van der Waals surface area contributed by atoms with E-state index in [1.54, 1.807) is 36.5 Å². The van der Waals surface area contributed by atoms with Crippen LogP contribution in [-0.2, 0) is 4.79 Å². The normalized spacial score (nSPS) is 17.7. The van der Waals surface area contributed by atoms with Crippen LogP contribution >= 0.6 is 0 Å². The summed E-state index contributed by atoms with van der Waals surface area (Å²) >= 11 is 0. The first kappa shape index (κ1) is 18.9. The molecule has 1 aliphatic rings. The molecule has 0 bridgehead atoms. The molecule has 0 radical (unpaired) electrons. The lowest BCUT2D eigenvalue weighted by Gasteiger charge is -2.19. The van der Waals surface area contributed by atoms with Gasteiger partial charge >= 0.3 is 0 Å². The Hall–Kier alpha value is -2.86. The van der Waals surface area contributed by atoms with Crippen molar-refractivity contribution in [1.29, 1.82) is 0 Å². The van der Waals surface area contributed by atoms with Gasteiger partial charge in [0.15, 0.2) is 0 Å². The third-order valence-electron chi connectivity index (χ3n) is 4.89. The number of amides is 2. The Kier molecular flexibility index (Phi) is 6.44. The molecule has 6 heteroatoms. The number of nitrogens with zero attached hydrogens (tertiary/aromatic N) is 1. The van der Waals surface area contributed by atoms with Crippen LogP contribution < -0.4 is 10.6 Å². The van der Waals surface area contributed by atoms with E-state index in [2.05, 4.69) is 27.6 Å². The quantitative estimate of drug-likeness (QED) is 0.659. The molecule has 1 aromatic heterocycles. The zero-order valence-corrected chi connectivity index (χ0v) is 15.6. The fourth-order valence-corrected chi connectivity index (χ4v) is 3.32. The van der Waals surface area contributed by atoms with Crippen molar-refractivity contribution in [2.24, 2.45) is 0 Å². The van der Waals surface area contributed by atoms with Crippen molar-refractivity contribution in [3.05, 3.63) is 65.6 Å². The third kappa shape index (κ3) is 5.31. The van der Waals surface area contributed by atoms with Gasteiger partial charge in [0.1, 0.15) is 5.70 Å². The van der Waals surface area contributed by atoms with Crippen molar-refractivity contribution in [2.75, 3.05) is 20.1 Å². The van der Waals surface area contributed by atoms with E-state index in [1.165, 1.54) is 12.8 Å². The first-order valence-corrected chi connectivity index (χ1v) is 9.33. The Balaban J connectivity index is 1.64. The second-order valence-corrected chi connectivity index (χ2v) is 6.82. The highest BCUT2D eigenvalue weighted by Gasteiger charge is 2.21. The Morgan fingerprint density at radius 2 is 2.04 bits per heavy atom. The average Bonchev–Trinajstić information content (AvgIpc) is 3.34. The number of rotatable bonds is 7. The minimum Gasteiger partial charge on any atom is -0.362 e. The molecule has 27 heavy (non-hydrogen) atoms. The van der Waals surface area contributed by atoms with Crippen LogP contribution in [0.25, 0.3) is 6.08 Å². The third-order valence-corrected chi connectivity index (χ3v) is 4.89. The molecule has 0 unspecified atom stereocenters. The fraction of sp³-hybridized carbons (Fsp3) is 0.333. The number of carbonyl (C=O) groups excluding carboxylic acids is 2. The van der Waals surface area contributed by atoms with Crippen molar-refractivity contribution in [3.8, 4) is 0 Å². The van der Waals surface area contributed by atoms with Gasteiger partial charge in [-0.3, -0.25) is 9.59 Å². The number of hydrogen-bond acceptors (Lipinski definition) is 3. The first-order valence-electron chi connectivity index (χ1n) is 9.33. The summed E-state index contributed by atoms with van der Waals surface area (Å²) in [5, 5.41) is 5.68. The van der Waals surface area contributed by atoms with Gasteiger partial charge in [-0.15, -0.1) is 0 Å². The van der Waals surface area contributed by atoms with Crippen LogP contribution in [0.3, 0.4) is 0 Å². The van der Waals surface area contributed by atoms with Crippen LogP contribution in [0.1, 0.15) is 35.3 Å². The summed E-state index contributed by atoms with van der Waals surface area (Å²) < 4.78 is 0. The van der Waals surface area contributed by atoms with Gasteiger partial charge in [0, 0.05) is 30.0 Å².